The average Bonchev–Trinajstić information content (AvgIpc) is 2.85. The molecule has 1 aliphatic heterocycles. The van der Waals surface area contributed by atoms with E-state index in [1.54, 1.807) is 42.5 Å². The fourth-order valence-corrected chi connectivity index (χ4v) is 4.19. The van der Waals surface area contributed by atoms with Crippen molar-refractivity contribution in [2.45, 2.75) is 19.1 Å². The van der Waals surface area contributed by atoms with Crippen LogP contribution in [0.2, 0.25) is 10.0 Å². The third kappa shape index (κ3) is 3.74. The number of amides is 2. The number of anilines is 1. The molecule has 7 heteroatoms. The second kappa shape index (κ2) is 7.77. The van der Waals surface area contributed by atoms with Crippen LogP contribution >= 0.6 is 35.0 Å². The van der Waals surface area contributed by atoms with Gasteiger partial charge in [0.25, 0.3) is 11.8 Å². The van der Waals surface area contributed by atoms with Crippen LogP contribution in [0.25, 0.3) is 5.57 Å². The van der Waals surface area contributed by atoms with E-state index in [4.69, 9.17) is 28.5 Å². The van der Waals surface area contributed by atoms with E-state index in [1.807, 2.05) is 19.9 Å². The number of halogens is 2. The van der Waals surface area contributed by atoms with Crippen molar-refractivity contribution < 1.29 is 9.59 Å². The van der Waals surface area contributed by atoms with Crippen molar-refractivity contribution in [3.8, 4) is 6.07 Å². The summed E-state index contributed by atoms with van der Waals surface area (Å²) in [5.74, 6) is -0.846. The van der Waals surface area contributed by atoms with E-state index in [0.29, 0.717) is 31.8 Å². The lowest BCUT2D eigenvalue weighted by Crippen LogP contribution is -2.31. The molecule has 0 unspecified atom stereocenters. The average molecular weight is 417 g/mol. The number of benzene rings is 2. The van der Waals surface area contributed by atoms with Crippen LogP contribution in [0.3, 0.4) is 0 Å². The van der Waals surface area contributed by atoms with Crippen molar-refractivity contribution in [3.05, 3.63) is 68.5 Å². The van der Waals surface area contributed by atoms with Gasteiger partial charge in [0.15, 0.2) is 0 Å². The number of thioether (sulfide) groups is 1. The fourth-order valence-electron chi connectivity index (χ4n) is 2.70. The molecule has 27 heavy (non-hydrogen) atoms. The summed E-state index contributed by atoms with van der Waals surface area (Å²) in [4.78, 5) is 27.7. The molecule has 1 aliphatic rings. The van der Waals surface area contributed by atoms with Crippen LogP contribution in [-0.4, -0.2) is 17.1 Å². The van der Waals surface area contributed by atoms with E-state index in [0.717, 1.165) is 4.90 Å². The van der Waals surface area contributed by atoms with Gasteiger partial charge in [-0.3, -0.25) is 9.59 Å². The second-order valence-electron chi connectivity index (χ2n) is 6.10. The summed E-state index contributed by atoms with van der Waals surface area (Å²) in [6, 6.07) is 13.1. The molecule has 0 fully saturated rings. The van der Waals surface area contributed by atoms with Crippen LogP contribution in [0, 0.1) is 11.3 Å². The summed E-state index contributed by atoms with van der Waals surface area (Å²) < 4.78 is 0. The van der Waals surface area contributed by atoms with Gasteiger partial charge in [0.05, 0.1) is 32.8 Å². The number of carbonyl (C=O) groups excluding carboxylic acids is 2. The van der Waals surface area contributed by atoms with E-state index >= 15 is 0 Å². The molecule has 0 atom stereocenters. The summed E-state index contributed by atoms with van der Waals surface area (Å²) >= 11 is 13.6. The number of nitrogens with zero attached hydrogens (tertiary/aromatic N) is 2. The summed E-state index contributed by atoms with van der Waals surface area (Å²) in [5, 5.41) is 9.80. The van der Waals surface area contributed by atoms with Crippen molar-refractivity contribution in [3.63, 3.8) is 0 Å². The lowest BCUT2D eigenvalue weighted by molar-refractivity contribution is -0.119. The van der Waals surface area contributed by atoms with Crippen molar-refractivity contribution in [2.75, 3.05) is 4.90 Å². The molecular formula is C20H14Cl2N2O2S. The zero-order valence-electron chi connectivity index (χ0n) is 14.5. The number of hydrogen-bond acceptors (Lipinski definition) is 4. The van der Waals surface area contributed by atoms with Crippen LogP contribution in [0.1, 0.15) is 25.0 Å². The number of nitriles is 1. The molecule has 0 N–H and O–H groups in total. The van der Waals surface area contributed by atoms with Gasteiger partial charge in [0, 0.05) is 15.8 Å². The second-order valence-corrected chi connectivity index (χ2v) is 8.53. The maximum Gasteiger partial charge on any atom is 0.272 e. The third-order valence-electron chi connectivity index (χ3n) is 3.85. The van der Waals surface area contributed by atoms with Gasteiger partial charge in [-0.15, -0.1) is 11.8 Å². The van der Waals surface area contributed by atoms with Crippen LogP contribution in [0.5, 0.6) is 0 Å². The molecule has 0 saturated carbocycles. The minimum atomic E-state index is -0.447. The van der Waals surface area contributed by atoms with Gasteiger partial charge in [-0.25, -0.2) is 4.90 Å². The van der Waals surface area contributed by atoms with Gasteiger partial charge in [-0.2, -0.15) is 5.26 Å². The summed E-state index contributed by atoms with van der Waals surface area (Å²) in [7, 11) is 0. The van der Waals surface area contributed by atoms with Gasteiger partial charge in [-0.1, -0.05) is 43.1 Å². The van der Waals surface area contributed by atoms with Crippen molar-refractivity contribution in [2.24, 2.45) is 0 Å². The van der Waals surface area contributed by atoms with Crippen LogP contribution in [0.15, 0.2) is 47.4 Å². The first-order valence-electron chi connectivity index (χ1n) is 8.08. The highest BCUT2D eigenvalue weighted by Gasteiger charge is 2.41. The van der Waals surface area contributed by atoms with Crippen molar-refractivity contribution in [1.29, 1.82) is 5.26 Å². The molecule has 0 radical (unpaired) electrons. The highest BCUT2D eigenvalue weighted by molar-refractivity contribution is 8.04. The predicted octanol–water partition coefficient (Wildman–Crippen LogP) is 5.29. The largest absolute Gasteiger partial charge is 0.272 e. The zero-order chi connectivity index (χ0) is 19.7. The highest BCUT2D eigenvalue weighted by Crippen LogP contribution is 2.42. The molecule has 136 valence electrons. The maximum atomic E-state index is 13.2. The molecule has 0 aromatic heterocycles. The zero-order valence-corrected chi connectivity index (χ0v) is 16.8. The fraction of sp³-hybridized carbons (Fsp3) is 0.150. The molecule has 3 rings (SSSR count). The Morgan fingerprint density at radius 3 is 2.26 bits per heavy atom. The maximum absolute atomic E-state index is 13.2. The van der Waals surface area contributed by atoms with E-state index in [-0.39, 0.29) is 10.8 Å². The molecular weight excluding hydrogens is 403 g/mol. The molecule has 0 bridgehead atoms. The Bertz CT molecular complexity index is 1010. The summed E-state index contributed by atoms with van der Waals surface area (Å²) in [6.07, 6.45) is 0. The van der Waals surface area contributed by atoms with E-state index < -0.39 is 11.8 Å². The minimum absolute atomic E-state index is 0.0961. The molecule has 4 nitrogen and oxygen atoms in total. The quantitative estimate of drug-likeness (QED) is 0.634. The Balaban J connectivity index is 2.12. The first kappa shape index (κ1) is 19.5. The number of hydrogen-bond donors (Lipinski definition) is 0. The van der Waals surface area contributed by atoms with Gasteiger partial charge < -0.3 is 0 Å². The smallest absolute Gasteiger partial charge is 0.268 e. The van der Waals surface area contributed by atoms with Gasteiger partial charge in [-0.05, 0) is 36.4 Å². The Morgan fingerprint density at radius 1 is 1.04 bits per heavy atom. The predicted molar refractivity (Wildman–Crippen MR) is 110 cm³/mol. The van der Waals surface area contributed by atoms with Gasteiger partial charge >= 0.3 is 0 Å². The number of rotatable bonds is 4. The Kier molecular flexibility index (Phi) is 5.61. The van der Waals surface area contributed by atoms with E-state index in [9.17, 15) is 9.59 Å². The van der Waals surface area contributed by atoms with Crippen LogP contribution in [0.4, 0.5) is 5.69 Å². The lowest BCUT2D eigenvalue weighted by Gasteiger charge is -2.15. The molecule has 0 aliphatic carbocycles. The normalized spacial score (nSPS) is 14.3. The Hall–Kier alpha value is -2.26. The Morgan fingerprint density at radius 2 is 1.70 bits per heavy atom. The van der Waals surface area contributed by atoms with Gasteiger partial charge in [0.2, 0.25) is 0 Å². The van der Waals surface area contributed by atoms with Crippen LogP contribution < -0.4 is 4.90 Å². The molecule has 2 amide bonds. The summed E-state index contributed by atoms with van der Waals surface area (Å²) in [5.41, 5.74) is 1.60. The van der Waals surface area contributed by atoms with Crippen LogP contribution in [-0.2, 0) is 9.59 Å². The lowest BCUT2D eigenvalue weighted by atomic mass is 10.1. The topological polar surface area (TPSA) is 61.2 Å². The molecule has 0 spiro atoms. The first-order valence-corrected chi connectivity index (χ1v) is 9.72. The highest BCUT2D eigenvalue weighted by atomic mass is 35.5. The Labute approximate surface area is 171 Å². The summed E-state index contributed by atoms with van der Waals surface area (Å²) in [6.45, 7) is 3.89. The number of carbonyl (C=O) groups is 2. The number of imide groups is 1. The van der Waals surface area contributed by atoms with Gasteiger partial charge in [0.1, 0.15) is 0 Å². The molecule has 2 aromatic rings. The standard InChI is InChI=1S/C20H14Cl2N2O2S/c1-11(2)27-18-17(15-8-5-13(21)9-16(15)22)19(25)24(20(18)26)14-6-3-12(10-23)4-7-14/h3-9,11H,1-2H3. The van der Waals surface area contributed by atoms with E-state index in [2.05, 4.69) is 0 Å². The molecule has 0 saturated heterocycles. The first-order chi connectivity index (χ1) is 12.8. The molecule has 1 heterocycles. The SMILES string of the molecule is CC(C)SC1=C(c2ccc(Cl)cc2Cl)C(=O)N(c2ccc(C#N)cc2)C1=O. The van der Waals surface area contributed by atoms with E-state index in [1.165, 1.54) is 11.8 Å². The third-order valence-corrected chi connectivity index (χ3v) is 5.48. The monoisotopic (exact) mass is 416 g/mol. The minimum Gasteiger partial charge on any atom is -0.268 e. The van der Waals surface area contributed by atoms with Crippen molar-refractivity contribution >= 4 is 58.0 Å². The van der Waals surface area contributed by atoms with Crippen molar-refractivity contribution in [1.82, 2.24) is 0 Å². The molecule has 2 aromatic carbocycles.